The first-order valence-electron chi connectivity index (χ1n) is 13.2. The van der Waals surface area contributed by atoms with Crippen molar-refractivity contribution in [1.82, 2.24) is 14.3 Å². The van der Waals surface area contributed by atoms with Gasteiger partial charge in [-0.05, 0) is 18.4 Å². The third-order valence-electron chi connectivity index (χ3n) is 6.96. The van der Waals surface area contributed by atoms with Gasteiger partial charge in [-0.3, -0.25) is 10.1 Å². The molecule has 35 heavy (non-hydrogen) atoms. The quantitative estimate of drug-likeness (QED) is 0.171. The molecule has 2 aromatic rings. The van der Waals surface area contributed by atoms with E-state index in [1.807, 2.05) is 6.20 Å². The van der Waals surface area contributed by atoms with Gasteiger partial charge in [-0.25, -0.2) is 18.1 Å². The summed E-state index contributed by atoms with van der Waals surface area (Å²) in [5.41, 5.74) is 0.372. The number of nitro benzene ring substituents is 1. The van der Waals surface area contributed by atoms with Gasteiger partial charge in [-0.1, -0.05) is 89.2 Å². The molecule has 1 aliphatic carbocycles. The van der Waals surface area contributed by atoms with Crippen molar-refractivity contribution in [3.8, 4) is 0 Å². The highest BCUT2D eigenvalue weighted by atomic mass is 32.2. The number of sulfonamides is 1. The van der Waals surface area contributed by atoms with E-state index in [1.165, 1.54) is 101 Å². The molecule has 0 amide bonds. The summed E-state index contributed by atoms with van der Waals surface area (Å²) in [5, 5.41) is 11.1. The van der Waals surface area contributed by atoms with Gasteiger partial charge in [-0.15, -0.1) is 0 Å². The first-order valence-corrected chi connectivity index (χ1v) is 14.7. The van der Waals surface area contributed by atoms with Crippen LogP contribution in [0, 0.1) is 16.0 Å². The highest BCUT2D eigenvalue weighted by molar-refractivity contribution is 7.89. The number of nitrogens with one attached hydrogen (secondary N) is 1. The minimum absolute atomic E-state index is 0.131. The Hall–Kier alpha value is -2.26. The fourth-order valence-corrected chi connectivity index (χ4v) is 6.17. The summed E-state index contributed by atoms with van der Waals surface area (Å²) in [4.78, 5) is 14.5. The number of imidazole rings is 1. The molecule has 0 atom stereocenters. The molecule has 194 valence electrons. The van der Waals surface area contributed by atoms with E-state index in [1.54, 1.807) is 6.33 Å². The van der Waals surface area contributed by atoms with Crippen LogP contribution in [0.1, 0.15) is 89.2 Å². The van der Waals surface area contributed by atoms with Gasteiger partial charge in [-0.2, -0.15) is 0 Å². The third kappa shape index (κ3) is 9.37. The summed E-state index contributed by atoms with van der Waals surface area (Å²) in [6.07, 6.45) is 21.9. The smallest absolute Gasteiger partial charge is 0.289 e. The normalized spacial score (nSPS) is 14.9. The lowest BCUT2D eigenvalue weighted by atomic mass is 9.85. The molecule has 1 N–H and O–H groups in total. The molecule has 1 aliphatic rings. The third-order valence-corrected chi connectivity index (χ3v) is 8.47. The summed E-state index contributed by atoms with van der Waals surface area (Å²) in [6, 6.07) is 5.35. The Morgan fingerprint density at radius 3 is 2.43 bits per heavy atom. The van der Waals surface area contributed by atoms with Gasteiger partial charge in [0.1, 0.15) is 0 Å². The van der Waals surface area contributed by atoms with Crippen molar-refractivity contribution in [2.75, 3.05) is 6.54 Å². The van der Waals surface area contributed by atoms with Crippen molar-refractivity contribution < 1.29 is 13.3 Å². The van der Waals surface area contributed by atoms with Crippen LogP contribution in [0.2, 0.25) is 0 Å². The molecular weight excluding hydrogens is 464 g/mol. The van der Waals surface area contributed by atoms with Gasteiger partial charge in [0, 0.05) is 31.8 Å². The average Bonchev–Trinajstić information content (AvgIpc) is 3.31. The molecule has 0 aliphatic heterocycles. The molecule has 0 bridgehead atoms. The van der Waals surface area contributed by atoms with E-state index in [2.05, 4.69) is 14.3 Å². The topological polar surface area (TPSA) is 107 Å². The molecule has 1 aromatic heterocycles. The predicted molar refractivity (Wildman–Crippen MR) is 138 cm³/mol. The lowest BCUT2D eigenvalue weighted by Crippen LogP contribution is -2.26. The SMILES string of the molecule is O=[N+]([O-])c1ccccc1S(=O)(=O)NCCc1cn(CCCCCCCCCC2CCCCC2)cn1. The van der Waals surface area contributed by atoms with Crippen molar-refractivity contribution >= 4 is 15.7 Å². The van der Waals surface area contributed by atoms with Crippen molar-refractivity contribution in [3.05, 3.63) is 52.6 Å². The fourth-order valence-electron chi connectivity index (χ4n) is 4.97. The first kappa shape index (κ1) is 27.3. The standard InChI is InChI=1S/C26H40N4O4S/c31-30(32)25-16-10-11-17-26(25)35(33,34)28-19-18-24-21-29(22-27-24)20-12-5-3-1-2-4-7-13-23-14-8-6-9-15-23/h10-11,16-17,21-23,28H,1-9,12-15,18-20H2. The molecule has 0 spiro atoms. The summed E-state index contributed by atoms with van der Waals surface area (Å²) in [5.74, 6) is 1.01. The van der Waals surface area contributed by atoms with Crippen LogP contribution in [-0.2, 0) is 23.0 Å². The number of rotatable bonds is 16. The second-order valence-electron chi connectivity index (χ2n) is 9.74. The second-order valence-corrected chi connectivity index (χ2v) is 11.5. The molecule has 1 saturated carbocycles. The molecule has 8 nitrogen and oxygen atoms in total. The van der Waals surface area contributed by atoms with Crippen LogP contribution in [0.25, 0.3) is 0 Å². The Kier molecular flexibility index (Phi) is 11.2. The molecule has 1 fully saturated rings. The fraction of sp³-hybridized carbons (Fsp3) is 0.654. The van der Waals surface area contributed by atoms with E-state index >= 15 is 0 Å². The Balaban J connectivity index is 1.26. The van der Waals surface area contributed by atoms with Crippen LogP contribution in [-0.4, -0.2) is 29.4 Å². The molecule has 0 saturated heterocycles. The van der Waals surface area contributed by atoms with Crippen molar-refractivity contribution in [2.24, 2.45) is 5.92 Å². The Morgan fingerprint density at radius 2 is 1.69 bits per heavy atom. The number of aryl methyl sites for hydroxylation is 1. The number of hydrogen-bond donors (Lipinski definition) is 1. The second kappa shape index (κ2) is 14.3. The van der Waals surface area contributed by atoms with Gasteiger partial charge in [0.15, 0.2) is 4.90 Å². The van der Waals surface area contributed by atoms with Crippen LogP contribution in [0.4, 0.5) is 5.69 Å². The summed E-state index contributed by atoms with van der Waals surface area (Å²) in [7, 11) is -3.96. The van der Waals surface area contributed by atoms with Crippen LogP contribution >= 0.6 is 0 Å². The van der Waals surface area contributed by atoms with Crippen LogP contribution < -0.4 is 4.72 Å². The van der Waals surface area contributed by atoms with E-state index in [4.69, 9.17) is 0 Å². The van der Waals surface area contributed by atoms with Gasteiger partial charge in [0.25, 0.3) is 5.69 Å². The Morgan fingerprint density at radius 1 is 1.00 bits per heavy atom. The van der Waals surface area contributed by atoms with Crippen molar-refractivity contribution in [2.45, 2.75) is 101 Å². The number of nitro groups is 1. The zero-order chi connectivity index (χ0) is 24.9. The number of nitrogens with zero attached hydrogens (tertiary/aromatic N) is 3. The minimum Gasteiger partial charge on any atom is -0.337 e. The predicted octanol–water partition coefficient (Wildman–Crippen LogP) is 6.01. The number of hydrogen-bond acceptors (Lipinski definition) is 5. The lowest BCUT2D eigenvalue weighted by Gasteiger charge is -2.21. The number of aromatic nitrogens is 2. The van der Waals surface area contributed by atoms with Gasteiger partial charge in [0.05, 0.1) is 16.9 Å². The van der Waals surface area contributed by atoms with Gasteiger partial charge >= 0.3 is 0 Å². The van der Waals surface area contributed by atoms with Crippen molar-refractivity contribution in [3.63, 3.8) is 0 Å². The molecule has 0 unspecified atom stereocenters. The molecule has 1 heterocycles. The highest BCUT2D eigenvalue weighted by Gasteiger charge is 2.24. The summed E-state index contributed by atoms with van der Waals surface area (Å²) >= 11 is 0. The minimum atomic E-state index is -3.96. The van der Waals surface area contributed by atoms with E-state index in [-0.39, 0.29) is 11.4 Å². The molecular formula is C26H40N4O4S. The first-order chi connectivity index (χ1) is 17.0. The lowest BCUT2D eigenvalue weighted by molar-refractivity contribution is -0.387. The molecule has 1 aromatic carbocycles. The monoisotopic (exact) mass is 504 g/mol. The molecule has 3 rings (SSSR count). The number of benzene rings is 1. The zero-order valence-electron chi connectivity index (χ0n) is 20.7. The summed E-state index contributed by atoms with van der Waals surface area (Å²) in [6.45, 7) is 1.04. The number of para-hydroxylation sites is 1. The van der Waals surface area contributed by atoms with Gasteiger partial charge < -0.3 is 4.57 Å². The maximum absolute atomic E-state index is 12.5. The molecule has 0 radical (unpaired) electrons. The van der Waals surface area contributed by atoms with E-state index in [0.717, 1.165) is 24.6 Å². The largest absolute Gasteiger partial charge is 0.337 e. The van der Waals surface area contributed by atoms with E-state index in [9.17, 15) is 18.5 Å². The molecule has 9 heteroatoms. The summed E-state index contributed by atoms with van der Waals surface area (Å²) < 4.78 is 29.4. The van der Waals surface area contributed by atoms with E-state index in [0.29, 0.717) is 6.42 Å². The average molecular weight is 505 g/mol. The van der Waals surface area contributed by atoms with Crippen LogP contribution in [0.5, 0.6) is 0 Å². The van der Waals surface area contributed by atoms with Crippen LogP contribution in [0.15, 0.2) is 41.7 Å². The highest BCUT2D eigenvalue weighted by Crippen LogP contribution is 2.28. The zero-order valence-corrected chi connectivity index (χ0v) is 21.6. The van der Waals surface area contributed by atoms with E-state index < -0.39 is 20.6 Å². The maximum atomic E-state index is 12.5. The van der Waals surface area contributed by atoms with Crippen LogP contribution in [0.3, 0.4) is 0 Å². The van der Waals surface area contributed by atoms with Gasteiger partial charge in [0.2, 0.25) is 10.0 Å². The maximum Gasteiger partial charge on any atom is 0.289 e. The van der Waals surface area contributed by atoms with Crippen molar-refractivity contribution in [1.29, 1.82) is 0 Å². The Bertz CT molecular complexity index is 1020. The number of unbranched alkanes of at least 4 members (excludes halogenated alkanes) is 6. The Labute approximate surface area is 209 Å².